The highest BCUT2D eigenvalue weighted by molar-refractivity contribution is 5.87. The number of aryl methyl sites for hydroxylation is 2. The number of rotatable bonds is 4. The third-order valence-corrected chi connectivity index (χ3v) is 4.10. The molecule has 5 nitrogen and oxygen atoms in total. The minimum absolute atomic E-state index is 0.364. The molecule has 1 atom stereocenters. The Labute approximate surface area is 130 Å². The van der Waals surface area contributed by atoms with E-state index in [1.807, 2.05) is 10.9 Å². The molecule has 0 spiro atoms. The van der Waals surface area contributed by atoms with Crippen LogP contribution in [0, 0.1) is 13.8 Å². The van der Waals surface area contributed by atoms with Crippen molar-refractivity contribution >= 4 is 16.9 Å². The fraction of sp³-hybridized carbons (Fsp3) is 0.353. The van der Waals surface area contributed by atoms with Crippen LogP contribution in [0.25, 0.3) is 16.7 Å². The molecule has 1 aromatic carbocycles. The Balaban J connectivity index is 2.09. The fourth-order valence-electron chi connectivity index (χ4n) is 2.34. The van der Waals surface area contributed by atoms with Gasteiger partial charge in [-0.1, -0.05) is 13.0 Å². The summed E-state index contributed by atoms with van der Waals surface area (Å²) in [6.07, 6.45) is 4.46. The average Bonchev–Trinajstić information content (AvgIpc) is 2.95. The van der Waals surface area contributed by atoms with E-state index in [-0.39, 0.29) is 0 Å². The average molecular weight is 295 g/mol. The topological polar surface area (TPSA) is 55.6 Å². The van der Waals surface area contributed by atoms with Crippen LogP contribution < -0.4 is 5.32 Å². The number of anilines is 1. The van der Waals surface area contributed by atoms with Crippen LogP contribution in [0.3, 0.4) is 0 Å². The number of hydrogen-bond acceptors (Lipinski definition) is 4. The molecule has 5 heteroatoms. The summed E-state index contributed by atoms with van der Waals surface area (Å²) in [5, 5.41) is 8.87. The van der Waals surface area contributed by atoms with Crippen molar-refractivity contribution in [3.05, 3.63) is 41.9 Å². The molecular weight excluding hydrogens is 274 g/mol. The summed E-state index contributed by atoms with van der Waals surface area (Å²) in [6.45, 7) is 8.50. The van der Waals surface area contributed by atoms with Gasteiger partial charge in [-0.15, -0.1) is 0 Å². The monoisotopic (exact) mass is 295 g/mol. The lowest BCUT2D eigenvalue weighted by atomic mass is 10.1. The van der Waals surface area contributed by atoms with Gasteiger partial charge in [0, 0.05) is 6.04 Å². The van der Waals surface area contributed by atoms with Crippen molar-refractivity contribution in [3.8, 4) is 5.69 Å². The van der Waals surface area contributed by atoms with Crippen LogP contribution in [-0.2, 0) is 0 Å². The first-order chi connectivity index (χ1) is 10.6. The minimum atomic E-state index is 0.364. The maximum atomic E-state index is 4.50. The molecule has 2 heterocycles. The van der Waals surface area contributed by atoms with Gasteiger partial charge >= 0.3 is 0 Å². The van der Waals surface area contributed by atoms with Crippen molar-refractivity contribution in [2.75, 3.05) is 5.32 Å². The van der Waals surface area contributed by atoms with E-state index in [4.69, 9.17) is 0 Å². The van der Waals surface area contributed by atoms with Crippen molar-refractivity contribution in [1.29, 1.82) is 0 Å². The molecular formula is C17H21N5. The SMILES string of the molecule is CC[C@H](C)Nc1ncnc2c1cnn2-c1ccc(C)c(C)c1. The van der Waals surface area contributed by atoms with Crippen LogP contribution in [0.1, 0.15) is 31.4 Å². The van der Waals surface area contributed by atoms with Crippen LogP contribution in [0.2, 0.25) is 0 Å². The number of nitrogens with one attached hydrogen (secondary N) is 1. The van der Waals surface area contributed by atoms with E-state index < -0.39 is 0 Å². The maximum Gasteiger partial charge on any atom is 0.168 e. The van der Waals surface area contributed by atoms with Crippen molar-refractivity contribution in [1.82, 2.24) is 19.7 Å². The first-order valence-corrected chi connectivity index (χ1v) is 7.63. The third kappa shape index (κ3) is 2.54. The van der Waals surface area contributed by atoms with Crippen molar-refractivity contribution in [2.45, 2.75) is 40.2 Å². The highest BCUT2D eigenvalue weighted by atomic mass is 15.3. The zero-order chi connectivity index (χ0) is 15.7. The van der Waals surface area contributed by atoms with Gasteiger partial charge in [0.15, 0.2) is 5.65 Å². The quantitative estimate of drug-likeness (QED) is 0.798. The summed E-state index contributed by atoms with van der Waals surface area (Å²) >= 11 is 0. The van der Waals surface area contributed by atoms with Gasteiger partial charge in [-0.25, -0.2) is 14.6 Å². The Bertz CT molecular complexity index is 806. The summed E-state index contributed by atoms with van der Waals surface area (Å²) in [6, 6.07) is 6.67. The van der Waals surface area contributed by atoms with Gasteiger partial charge in [-0.2, -0.15) is 5.10 Å². The lowest BCUT2D eigenvalue weighted by Crippen LogP contribution is -2.14. The molecule has 0 aliphatic heterocycles. The van der Waals surface area contributed by atoms with Crippen molar-refractivity contribution in [3.63, 3.8) is 0 Å². The van der Waals surface area contributed by atoms with E-state index in [1.54, 1.807) is 6.33 Å². The molecule has 0 aliphatic carbocycles. The Morgan fingerprint density at radius 3 is 2.73 bits per heavy atom. The van der Waals surface area contributed by atoms with Crippen LogP contribution in [0.4, 0.5) is 5.82 Å². The second kappa shape index (κ2) is 5.75. The Morgan fingerprint density at radius 2 is 2.00 bits per heavy atom. The van der Waals surface area contributed by atoms with E-state index >= 15 is 0 Å². The van der Waals surface area contributed by atoms with Gasteiger partial charge < -0.3 is 5.32 Å². The highest BCUT2D eigenvalue weighted by Gasteiger charge is 2.12. The van der Waals surface area contributed by atoms with E-state index in [9.17, 15) is 0 Å². The van der Waals surface area contributed by atoms with Crippen molar-refractivity contribution < 1.29 is 0 Å². The molecule has 0 aliphatic rings. The van der Waals surface area contributed by atoms with Gasteiger partial charge in [-0.3, -0.25) is 0 Å². The molecule has 0 saturated carbocycles. The van der Waals surface area contributed by atoms with Crippen molar-refractivity contribution in [2.24, 2.45) is 0 Å². The number of benzene rings is 1. The molecule has 22 heavy (non-hydrogen) atoms. The number of fused-ring (bicyclic) bond motifs is 1. The Morgan fingerprint density at radius 1 is 1.18 bits per heavy atom. The normalized spacial score (nSPS) is 12.5. The van der Waals surface area contributed by atoms with Gasteiger partial charge in [0.05, 0.1) is 17.3 Å². The maximum absolute atomic E-state index is 4.50. The second-order valence-corrected chi connectivity index (χ2v) is 5.74. The molecule has 3 rings (SSSR count). The summed E-state index contributed by atoms with van der Waals surface area (Å²) in [4.78, 5) is 8.77. The second-order valence-electron chi connectivity index (χ2n) is 5.74. The Hall–Kier alpha value is -2.43. The first-order valence-electron chi connectivity index (χ1n) is 7.63. The molecule has 1 N–H and O–H groups in total. The summed E-state index contributed by atoms with van der Waals surface area (Å²) < 4.78 is 1.87. The largest absolute Gasteiger partial charge is 0.367 e. The van der Waals surface area contributed by atoms with Crippen LogP contribution in [-0.4, -0.2) is 25.8 Å². The summed E-state index contributed by atoms with van der Waals surface area (Å²) in [7, 11) is 0. The molecule has 2 aromatic heterocycles. The minimum Gasteiger partial charge on any atom is -0.367 e. The van der Waals surface area contributed by atoms with Gasteiger partial charge in [0.25, 0.3) is 0 Å². The smallest absolute Gasteiger partial charge is 0.168 e. The molecule has 114 valence electrons. The molecule has 3 aromatic rings. The van der Waals surface area contributed by atoms with E-state index in [1.165, 1.54) is 11.1 Å². The van der Waals surface area contributed by atoms with Crippen LogP contribution in [0.5, 0.6) is 0 Å². The zero-order valence-corrected chi connectivity index (χ0v) is 13.5. The third-order valence-electron chi connectivity index (χ3n) is 4.10. The molecule has 0 bridgehead atoms. The summed E-state index contributed by atoms with van der Waals surface area (Å²) in [5.74, 6) is 0.842. The Kier molecular flexibility index (Phi) is 3.79. The predicted molar refractivity (Wildman–Crippen MR) is 89.5 cm³/mol. The molecule has 0 unspecified atom stereocenters. The van der Waals surface area contributed by atoms with E-state index in [0.717, 1.165) is 29.0 Å². The molecule has 0 radical (unpaired) electrons. The standard InChI is InChI=1S/C17H21N5/c1-5-13(4)21-16-15-9-20-22(17(15)19-10-18-16)14-7-6-11(2)12(3)8-14/h6-10,13H,5H2,1-4H3,(H,18,19,21)/t13-/m0/s1. The number of hydrogen-bond donors (Lipinski definition) is 1. The van der Waals surface area contributed by atoms with Crippen LogP contribution >= 0.6 is 0 Å². The van der Waals surface area contributed by atoms with E-state index in [2.05, 4.69) is 66.3 Å². The number of nitrogens with zero attached hydrogens (tertiary/aromatic N) is 4. The zero-order valence-electron chi connectivity index (χ0n) is 13.5. The van der Waals surface area contributed by atoms with Gasteiger partial charge in [0.2, 0.25) is 0 Å². The lowest BCUT2D eigenvalue weighted by molar-refractivity contribution is 0.760. The van der Waals surface area contributed by atoms with Gasteiger partial charge in [-0.05, 0) is 50.5 Å². The summed E-state index contributed by atoms with van der Waals surface area (Å²) in [5.41, 5.74) is 4.36. The predicted octanol–water partition coefficient (Wildman–Crippen LogP) is 3.64. The lowest BCUT2D eigenvalue weighted by Gasteiger charge is -2.12. The molecule has 0 fully saturated rings. The number of aromatic nitrogens is 4. The first kappa shape index (κ1) is 14.5. The highest BCUT2D eigenvalue weighted by Crippen LogP contribution is 2.23. The van der Waals surface area contributed by atoms with E-state index in [0.29, 0.717) is 6.04 Å². The van der Waals surface area contributed by atoms with Gasteiger partial charge in [0.1, 0.15) is 12.1 Å². The van der Waals surface area contributed by atoms with Crippen LogP contribution in [0.15, 0.2) is 30.7 Å². The molecule has 0 amide bonds. The fourth-order valence-corrected chi connectivity index (χ4v) is 2.34. The molecule has 0 saturated heterocycles.